The van der Waals surface area contributed by atoms with Crippen LogP contribution in [0.4, 0.5) is 5.69 Å². The molecule has 0 atom stereocenters. The highest BCUT2D eigenvalue weighted by Gasteiger charge is 2.37. The Balaban J connectivity index is 2.44. The molecule has 7 nitrogen and oxygen atoms in total. The molecule has 0 bridgehead atoms. The molecule has 160 valence electrons. The second kappa shape index (κ2) is 8.44. The fourth-order valence-corrected chi connectivity index (χ4v) is 3.27. The van der Waals surface area contributed by atoms with E-state index in [4.69, 9.17) is 11.8 Å². The SMILES string of the molecule is CC(C)(C)c1ccc(C(=O)N(N(Cl)C(=O)c2ccccc2[N+](=O)[O-])C(C)(C)C)cc1. The normalized spacial score (nSPS) is 11.7. The lowest BCUT2D eigenvalue weighted by molar-refractivity contribution is -0.385. The zero-order valence-corrected chi connectivity index (χ0v) is 18.7. The number of carbonyl (C=O) groups is 2. The molecule has 0 saturated heterocycles. The van der Waals surface area contributed by atoms with E-state index < -0.39 is 22.3 Å². The van der Waals surface area contributed by atoms with Crippen LogP contribution in [0.1, 0.15) is 67.8 Å². The molecule has 0 spiro atoms. The van der Waals surface area contributed by atoms with Gasteiger partial charge >= 0.3 is 0 Å². The first-order valence-electron chi connectivity index (χ1n) is 9.44. The average Bonchev–Trinajstić information content (AvgIpc) is 2.65. The van der Waals surface area contributed by atoms with Crippen LogP contribution in [0.25, 0.3) is 0 Å². The van der Waals surface area contributed by atoms with Crippen LogP contribution in [0.2, 0.25) is 0 Å². The van der Waals surface area contributed by atoms with Crippen molar-refractivity contribution in [2.75, 3.05) is 0 Å². The topological polar surface area (TPSA) is 83.8 Å². The number of benzene rings is 2. The van der Waals surface area contributed by atoms with E-state index >= 15 is 0 Å². The number of nitrogens with zero attached hydrogens (tertiary/aromatic N) is 3. The summed E-state index contributed by atoms with van der Waals surface area (Å²) in [7, 11) is 0. The summed E-state index contributed by atoms with van der Waals surface area (Å²) in [6.45, 7) is 11.4. The standard InChI is InChI=1S/C22H26ClN3O4/c1-21(2,3)16-13-11-15(12-14-16)19(27)24(22(4,5)6)25(23)20(28)17-9-7-8-10-18(17)26(29)30/h7-14H,1-6H3. The van der Waals surface area contributed by atoms with Gasteiger partial charge in [0.1, 0.15) is 5.56 Å². The highest BCUT2D eigenvalue weighted by Crippen LogP contribution is 2.28. The molecule has 2 rings (SSSR count). The lowest BCUT2D eigenvalue weighted by atomic mass is 9.86. The molecular formula is C22H26ClN3O4. The third-order valence-corrected chi connectivity index (χ3v) is 4.80. The molecule has 2 aromatic carbocycles. The van der Waals surface area contributed by atoms with Gasteiger partial charge in [0, 0.05) is 23.4 Å². The molecule has 30 heavy (non-hydrogen) atoms. The number of hydrazine groups is 1. The highest BCUT2D eigenvalue weighted by molar-refractivity contribution is 6.25. The van der Waals surface area contributed by atoms with Crippen LogP contribution >= 0.6 is 11.8 Å². The molecular weight excluding hydrogens is 406 g/mol. The van der Waals surface area contributed by atoms with Crippen LogP contribution in [0.15, 0.2) is 48.5 Å². The van der Waals surface area contributed by atoms with E-state index in [9.17, 15) is 19.7 Å². The molecule has 2 aromatic rings. The summed E-state index contributed by atoms with van der Waals surface area (Å²) in [6, 6.07) is 12.6. The Kier molecular flexibility index (Phi) is 6.57. The fraction of sp³-hybridized carbons (Fsp3) is 0.364. The highest BCUT2D eigenvalue weighted by atomic mass is 35.5. The number of halogens is 1. The van der Waals surface area contributed by atoms with E-state index in [0.29, 0.717) is 10.1 Å². The summed E-state index contributed by atoms with van der Waals surface area (Å²) in [6.07, 6.45) is 0. The van der Waals surface area contributed by atoms with Crippen LogP contribution in [-0.4, -0.2) is 31.8 Å². The van der Waals surface area contributed by atoms with Crippen molar-refractivity contribution in [2.24, 2.45) is 0 Å². The Morgan fingerprint density at radius 1 is 0.900 bits per heavy atom. The van der Waals surface area contributed by atoms with Crippen LogP contribution < -0.4 is 0 Å². The van der Waals surface area contributed by atoms with Crippen LogP contribution in [0, 0.1) is 10.1 Å². The van der Waals surface area contributed by atoms with Crippen molar-refractivity contribution in [3.05, 3.63) is 75.3 Å². The lowest BCUT2D eigenvalue weighted by Crippen LogP contribution is -2.54. The molecule has 0 aromatic heterocycles. The number of hydrogen-bond acceptors (Lipinski definition) is 4. The summed E-state index contributed by atoms with van der Waals surface area (Å²) in [5, 5.41) is 12.4. The fourth-order valence-electron chi connectivity index (χ4n) is 2.89. The lowest BCUT2D eigenvalue weighted by Gasteiger charge is -2.39. The molecule has 2 amide bonds. The van der Waals surface area contributed by atoms with Gasteiger partial charge in [-0.2, -0.15) is 0 Å². The first-order valence-corrected chi connectivity index (χ1v) is 9.77. The number of carbonyl (C=O) groups excluding carboxylic acids is 2. The smallest absolute Gasteiger partial charge is 0.267 e. The number of hydrogen-bond donors (Lipinski definition) is 0. The minimum absolute atomic E-state index is 0.0774. The van der Waals surface area contributed by atoms with Gasteiger partial charge < -0.3 is 0 Å². The Hall–Kier alpha value is -2.93. The van der Waals surface area contributed by atoms with Crippen molar-refractivity contribution in [1.29, 1.82) is 0 Å². The van der Waals surface area contributed by atoms with Gasteiger partial charge in [-0.05, 0) is 49.9 Å². The predicted octanol–water partition coefficient (Wildman–Crippen LogP) is 5.34. The molecule has 0 unspecified atom stereocenters. The Labute approximate surface area is 181 Å². The summed E-state index contributed by atoms with van der Waals surface area (Å²) in [4.78, 5) is 36.9. The molecule has 0 aliphatic rings. The number of nitro benzene ring substituents is 1. The molecule has 0 radical (unpaired) electrons. The van der Waals surface area contributed by atoms with E-state index in [-0.39, 0.29) is 16.7 Å². The van der Waals surface area contributed by atoms with Crippen LogP contribution in [0.5, 0.6) is 0 Å². The maximum Gasteiger partial charge on any atom is 0.294 e. The molecule has 0 fully saturated rings. The zero-order valence-electron chi connectivity index (χ0n) is 18.0. The zero-order chi connectivity index (χ0) is 22.9. The minimum atomic E-state index is -0.874. The second-order valence-corrected chi connectivity index (χ2v) is 9.27. The van der Waals surface area contributed by atoms with Gasteiger partial charge in [0.25, 0.3) is 17.5 Å². The largest absolute Gasteiger partial charge is 0.294 e. The van der Waals surface area contributed by atoms with Crippen LogP contribution in [-0.2, 0) is 5.41 Å². The molecule has 0 N–H and O–H groups in total. The third-order valence-electron chi connectivity index (χ3n) is 4.50. The van der Waals surface area contributed by atoms with Crippen molar-refractivity contribution >= 4 is 29.3 Å². The summed E-state index contributed by atoms with van der Waals surface area (Å²) in [5.74, 6) is -1.36. The van der Waals surface area contributed by atoms with Crippen LogP contribution in [0.3, 0.4) is 0 Å². The van der Waals surface area contributed by atoms with E-state index in [1.165, 1.54) is 24.3 Å². The molecule has 8 heteroatoms. The third kappa shape index (κ3) is 4.97. The first-order chi connectivity index (χ1) is 13.7. The number of amides is 2. The van der Waals surface area contributed by atoms with Crippen molar-refractivity contribution < 1.29 is 14.5 Å². The van der Waals surface area contributed by atoms with Gasteiger partial charge in [0.15, 0.2) is 0 Å². The first kappa shape index (κ1) is 23.3. The Morgan fingerprint density at radius 3 is 1.90 bits per heavy atom. The number of rotatable bonds is 3. The number of nitro groups is 1. The average molecular weight is 432 g/mol. The maximum absolute atomic E-state index is 13.3. The molecule has 0 saturated carbocycles. The monoisotopic (exact) mass is 431 g/mol. The maximum atomic E-state index is 13.3. The van der Waals surface area contributed by atoms with E-state index in [2.05, 4.69) is 20.8 Å². The van der Waals surface area contributed by atoms with E-state index in [1.54, 1.807) is 32.9 Å². The van der Waals surface area contributed by atoms with Crippen molar-refractivity contribution in [1.82, 2.24) is 9.54 Å². The summed E-state index contributed by atoms with van der Waals surface area (Å²) >= 11 is 6.31. The number of para-hydroxylation sites is 1. The van der Waals surface area contributed by atoms with Crippen molar-refractivity contribution in [3.63, 3.8) is 0 Å². The Morgan fingerprint density at radius 2 is 1.43 bits per heavy atom. The predicted molar refractivity (Wildman–Crippen MR) is 116 cm³/mol. The van der Waals surface area contributed by atoms with Crippen molar-refractivity contribution in [2.45, 2.75) is 52.5 Å². The van der Waals surface area contributed by atoms with E-state index in [0.717, 1.165) is 10.6 Å². The van der Waals surface area contributed by atoms with E-state index in [1.807, 2.05) is 12.1 Å². The van der Waals surface area contributed by atoms with Crippen molar-refractivity contribution in [3.8, 4) is 0 Å². The summed E-state index contributed by atoms with van der Waals surface area (Å²) in [5.41, 5.74) is -0.141. The minimum Gasteiger partial charge on any atom is -0.267 e. The molecule has 0 aliphatic carbocycles. The van der Waals surface area contributed by atoms with Gasteiger partial charge in [-0.1, -0.05) is 45.0 Å². The quantitative estimate of drug-likeness (QED) is 0.372. The molecule has 0 aliphatic heterocycles. The van der Waals surface area contributed by atoms with Gasteiger partial charge in [-0.25, -0.2) is 5.01 Å². The van der Waals surface area contributed by atoms with Gasteiger partial charge in [0.05, 0.1) is 10.5 Å². The van der Waals surface area contributed by atoms with Gasteiger partial charge in [-0.15, -0.1) is 4.53 Å². The Bertz CT molecular complexity index is 960. The summed E-state index contributed by atoms with van der Waals surface area (Å²) < 4.78 is 0.627. The van der Waals surface area contributed by atoms with Gasteiger partial charge in [0.2, 0.25) is 0 Å². The molecule has 0 heterocycles. The second-order valence-electron chi connectivity index (χ2n) is 8.95. The van der Waals surface area contributed by atoms with Gasteiger partial charge in [-0.3, -0.25) is 19.7 Å².